The average Bonchev–Trinajstić information content (AvgIpc) is 2.46. The number of hydrogen-bond acceptors (Lipinski definition) is 3. The van der Waals surface area contributed by atoms with Gasteiger partial charge in [-0.25, -0.2) is 0 Å². The molecule has 0 aliphatic heterocycles. The molecule has 2 rings (SSSR count). The molecule has 5 heteroatoms. The van der Waals surface area contributed by atoms with Crippen molar-refractivity contribution in [2.45, 2.75) is 6.54 Å². The molecule has 0 aliphatic rings. The van der Waals surface area contributed by atoms with E-state index in [0.29, 0.717) is 6.54 Å². The molecule has 0 aliphatic carbocycles. The Morgan fingerprint density at radius 1 is 0.950 bits per heavy atom. The van der Waals surface area contributed by atoms with Gasteiger partial charge in [0.2, 0.25) is 0 Å². The minimum absolute atomic E-state index is 0.674. The summed E-state index contributed by atoms with van der Waals surface area (Å²) in [5.41, 5.74) is 2.08. The summed E-state index contributed by atoms with van der Waals surface area (Å²) in [6.07, 6.45) is 0. The largest absolute Gasteiger partial charge is 0.496 e. The molecule has 20 heavy (non-hydrogen) atoms. The summed E-state index contributed by atoms with van der Waals surface area (Å²) in [5, 5.41) is 3.36. The van der Waals surface area contributed by atoms with Gasteiger partial charge >= 0.3 is 0 Å². The number of nitrogens with one attached hydrogen (secondary N) is 1. The molecule has 0 atom stereocenters. The van der Waals surface area contributed by atoms with Crippen LogP contribution in [0.1, 0.15) is 5.56 Å². The summed E-state index contributed by atoms with van der Waals surface area (Å²) in [5.74, 6) is 1.67. The van der Waals surface area contributed by atoms with Crippen molar-refractivity contribution in [3.63, 3.8) is 0 Å². The Kier molecular flexibility index (Phi) is 5.31. The van der Waals surface area contributed by atoms with Crippen LogP contribution in [0.4, 0.5) is 5.69 Å². The molecule has 2 aromatic carbocycles. The molecule has 0 amide bonds. The van der Waals surface area contributed by atoms with E-state index in [1.54, 1.807) is 14.2 Å². The summed E-state index contributed by atoms with van der Waals surface area (Å²) in [7, 11) is 3.33. The van der Waals surface area contributed by atoms with Crippen LogP contribution in [0, 0.1) is 0 Å². The van der Waals surface area contributed by atoms with Gasteiger partial charge in [0.1, 0.15) is 11.5 Å². The highest BCUT2D eigenvalue weighted by molar-refractivity contribution is 9.10. The molecule has 0 aromatic heterocycles. The standard InChI is InChI=1S/C15H15Br2NO2/c1-19-14-6-3-11(16)7-10(14)9-18-12-4-5-13(17)15(8-12)20-2/h3-8,18H,9H2,1-2H3. The van der Waals surface area contributed by atoms with Gasteiger partial charge in [-0.1, -0.05) is 15.9 Å². The Morgan fingerprint density at radius 2 is 1.70 bits per heavy atom. The Balaban J connectivity index is 2.14. The maximum Gasteiger partial charge on any atom is 0.135 e. The minimum atomic E-state index is 0.674. The van der Waals surface area contributed by atoms with Gasteiger partial charge in [-0.3, -0.25) is 0 Å². The zero-order chi connectivity index (χ0) is 14.5. The fraction of sp³-hybridized carbons (Fsp3) is 0.200. The van der Waals surface area contributed by atoms with E-state index in [4.69, 9.17) is 9.47 Å². The van der Waals surface area contributed by atoms with Crippen LogP contribution in [-0.4, -0.2) is 14.2 Å². The first-order valence-corrected chi connectivity index (χ1v) is 7.62. The summed E-state index contributed by atoms with van der Waals surface area (Å²) < 4.78 is 12.6. The fourth-order valence-corrected chi connectivity index (χ4v) is 2.67. The topological polar surface area (TPSA) is 30.5 Å². The monoisotopic (exact) mass is 399 g/mol. The lowest BCUT2D eigenvalue weighted by molar-refractivity contribution is 0.410. The van der Waals surface area contributed by atoms with Crippen molar-refractivity contribution in [2.24, 2.45) is 0 Å². The third kappa shape index (κ3) is 3.67. The van der Waals surface area contributed by atoms with E-state index < -0.39 is 0 Å². The SMILES string of the molecule is COc1cc(NCc2cc(Br)ccc2OC)ccc1Br. The molecule has 0 unspecified atom stereocenters. The van der Waals surface area contributed by atoms with Gasteiger partial charge in [0.15, 0.2) is 0 Å². The first kappa shape index (κ1) is 15.2. The summed E-state index contributed by atoms with van der Waals surface area (Å²) >= 11 is 6.91. The van der Waals surface area contributed by atoms with Gasteiger partial charge in [-0.15, -0.1) is 0 Å². The van der Waals surface area contributed by atoms with E-state index in [1.165, 1.54) is 0 Å². The number of halogens is 2. The third-order valence-corrected chi connectivity index (χ3v) is 4.02. The molecular formula is C15H15Br2NO2. The van der Waals surface area contributed by atoms with Gasteiger partial charge < -0.3 is 14.8 Å². The van der Waals surface area contributed by atoms with Gasteiger partial charge in [0.05, 0.1) is 18.7 Å². The molecule has 0 radical (unpaired) electrons. The molecule has 0 spiro atoms. The first-order chi connectivity index (χ1) is 9.63. The predicted molar refractivity (Wildman–Crippen MR) is 88.7 cm³/mol. The molecule has 0 fully saturated rings. The molecule has 1 N–H and O–H groups in total. The van der Waals surface area contributed by atoms with Crippen molar-refractivity contribution < 1.29 is 9.47 Å². The van der Waals surface area contributed by atoms with E-state index in [2.05, 4.69) is 37.2 Å². The molecule has 2 aromatic rings. The third-order valence-electron chi connectivity index (χ3n) is 2.88. The molecule has 0 heterocycles. The van der Waals surface area contributed by atoms with E-state index >= 15 is 0 Å². The van der Waals surface area contributed by atoms with Crippen molar-refractivity contribution >= 4 is 37.5 Å². The highest BCUT2D eigenvalue weighted by Crippen LogP contribution is 2.29. The second-order valence-electron chi connectivity index (χ2n) is 4.16. The Labute approximate surface area is 135 Å². The van der Waals surface area contributed by atoms with Crippen LogP contribution in [0.2, 0.25) is 0 Å². The van der Waals surface area contributed by atoms with Crippen molar-refractivity contribution in [1.29, 1.82) is 0 Å². The van der Waals surface area contributed by atoms with Gasteiger partial charge in [0.25, 0.3) is 0 Å². The zero-order valence-electron chi connectivity index (χ0n) is 11.2. The van der Waals surface area contributed by atoms with Gasteiger partial charge in [-0.05, 0) is 46.3 Å². The molecule has 106 valence electrons. The number of benzene rings is 2. The summed E-state index contributed by atoms with van der Waals surface area (Å²) in [4.78, 5) is 0. The first-order valence-electron chi connectivity index (χ1n) is 6.04. The molecule has 0 saturated carbocycles. The molecule has 3 nitrogen and oxygen atoms in total. The molecular weight excluding hydrogens is 386 g/mol. The van der Waals surface area contributed by atoms with Crippen molar-refractivity contribution in [3.8, 4) is 11.5 Å². The van der Waals surface area contributed by atoms with E-state index in [0.717, 1.165) is 31.7 Å². The van der Waals surface area contributed by atoms with Gasteiger partial charge in [0, 0.05) is 28.3 Å². The van der Waals surface area contributed by atoms with Crippen molar-refractivity contribution in [3.05, 3.63) is 50.9 Å². The van der Waals surface area contributed by atoms with E-state index in [1.807, 2.05) is 36.4 Å². The zero-order valence-corrected chi connectivity index (χ0v) is 14.4. The highest BCUT2D eigenvalue weighted by Gasteiger charge is 2.05. The second kappa shape index (κ2) is 6.99. The van der Waals surface area contributed by atoms with Crippen molar-refractivity contribution in [2.75, 3.05) is 19.5 Å². The number of anilines is 1. The van der Waals surface area contributed by atoms with Crippen LogP contribution in [0.25, 0.3) is 0 Å². The number of methoxy groups -OCH3 is 2. The quantitative estimate of drug-likeness (QED) is 0.778. The van der Waals surface area contributed by atoms with E-state index in [-0.39, 0.29) is 0 Å². The fourth-order valence-electron chi connectivity index (χ4n) is 1.85. The van der Waals surface area contributed by atoms with Gasteiger partial charge in [-0.2, -0.15) is 0 Å². The summed E-state index contributed by atoms with van der Waals surface area (Å²) in [6.45, 7) is 0.674. The van der Waals surface area contributed by atoms with Crippen LogP contribution in [-0.2, 0) is 6.54 Å². The second-order valence-corrected chi connectivity index (χ2v) is 5.93. The lowest BCUT2D eigenvalue weighted by atomic mass is 10.2. The van der Waals surface area contributed by atoms with Crippen LogP contribution < -0.4 is 14.8 Å². The lowest BCUT2D eigenvalue weighted by Gasteiger charge is -2.12. The lowest BCUT2D eigenvalue weighted by Crippen LogP contribution is -2.02. The minimum Gasteiger partial charge on any atom is -0.496 e. The van der Waals surface area contributed by atoms with Crippen LogP contribution in [0.15, 0.2) is 45.3 Å². The highest BCUT2D eigenvalue weighted by atomic mass is 79.9. The Hall–Kier alpha value is -1.20. The molecule has 0 bridgehead atoms. The maximum absolute atomic E-state index is 5.36. The number of rotatable bonds is 5. The summed E-state index contributed by atoms with van der Waals surface area (Å²) in [6, 6.07) is 11.9. The molecule has 0 saturated heterocycles. The number of ether oxygens (including phenoxy) is 2. The van der Waals surface area contributed by atoms with Crippen LogP contribution in [0.5, 0.6) is 11.5 Å². The van der Waals surface area contributed by atoms with Crippen molar-refractivity contribution in [1.82, 2.24) is 0 Å². The Morgan fingerprint density at radius 3 is 2.40 bits per heavy atom. The predicted octanol–water partition coefficient (Wildman–Crippen LogP) is 4.84. The van der Waals surface area contributed by atoms with E-state index in [9.17, 15) is 0 Å². The maximum atomic E-state index is 5.36. The van der Waals surface area contributed by atoms with Crippen LogP contribution in [0.3, 0.4) is 0 Å². The smallest absolute Gasteiger partial charge is 0.135 e. The normalized spacial score (nSPS) is 10.2. The average molecular weight is 401 g/mol. The van der Waals surface area contributed by atoms with Crippen LogP contribution >= 0.6 is 31.9 Å². The Bertz CT molecular complexity index is 602. The number of hydrogen-bond donors (Lipinski definition) is 1.